The number of alkyl halides is 1. The third-order valence-corrected chi connectivity index (χ3v) is 7.04. The highest BCUT2D eigenvalue weighted by Crippen LogP contribution is 2.29. The van der Waals surface area contributed by atoms with Crippen LogP contribution in [0.5, 0.6) is 11.5 Å². The topological polar surface area (TPSA) is 44.2 Å². The zero-order chi connectivity index (χ0) is 24.6. The zero-order valence-corrected chi connectivity index (χ0v) is 21.7. The van der Waals surface area contributed by atoms with Crippen molar-refractivity contribution in [2.24, 2.45) is 5.92 Å². The lowest BCUT2D eigenvalue weighted by Gasteiger charge is -2.11. The molecule has 1 atom stereocenters. The maximum absolute atomic E-state index is 14.0. The van der Waals surface area contributed by atoms with Crippen molar-refractivity contribution in [3.63, 3.8) is 0 Å². The van der Waals surface area contributed by atoms with Crippen LogP contribution < -0.4 is 9.47 Å². The molecular weight excluding hydrogens is 439 g/mol. The van der Waals surface area contributed by atoms with E-state index in [1.165, 1.54) is 70.6 Å². The molecule has 2 aromatic rings. The van der Waals surface area contributed by atoms with Gasteiger partial charge < -0.3 is 9.47 Å². The minimum Gasteiger partial charge on any atom is -0.491 e. The standard InChI is InChI=1S/C30H45FN2O2/c1-2-3-4-9-16-27(31)24-35-28-19-17-26(18-20-28)30-32-22-29(23-33-30)34-21-12-7-5-6-8-13-25-14-10-11-15-25/h17-20,22-23,25,27H,2-16,21,24H2,1H3/t27-/m1/s1. The fourth-order valence-corrected chi connectivity index (χ4v) is 4.86. The lowest BCUT2D eigenvalue weighted by molar-refractivity contribution is 0.184. The quantitative estimate of drug-likeness (QED) is 0.198. The normalized spacial score (nSPS) is 14.8. The highest BCUT2D eigenvalue weighted by Gasteiger charge is 2.13. The van der Waals surface area contributed by atoms with Crippen LogP contribution in [0.3, 0.4) is 0 Å². The molecule has 0 bridgehead atoms. The molecule has 1 aromatic heterocycles. The van der Waals surface area contributed by atoms with Crippen molar-refractivity contribution in [2.45, 2.75) is 109 Å². The molecule has 0 N–H and O–H groups in total. The van der Waals surface area contributed by atoms with Gasteiger partial charge in [-0.1, -0.05) is 90.4 Å². The second-order valence-corrected chi connectivity index (χ2v) is 10.1. The van der Waals surface area contributed by atoms with Crippen LogP contribution >= 0.6 is 0 Å². The van der Waals surface area contributed by atoms with Crippen molar-refractivity contribution in [2.75, 3.05) is 13.2 Å². The summed E-state index contributed by atoms with van der Waals surface area (Å²) in [7, 11) is 0. The van der Waals surface area contributed by atoms with Crippen LogP contribution in [0.4, 0.5) is 4.39 Å². The average Bonchev–Trinajstić information content (AvgIpc) is 3.41. The Morgan fingerprint density at radius 1 is 0.829 bits per heavy atom. The van der Waals surface area contributed by atoms with E-state index < -0.39 is 6.17 Å². The summed E-state index contributed by atoms with van der Waals surface area (Å²) in [6.07, 6.45) is 21.1. The molecule has 5 heteroatoms. The summed E-state index contributed by atoms with van der Waals surface area (Å²) >= 11 is 0. The number of hydrogen-bond donors (Lipinski definition) is 0. The van der Waals surface area contributed by atoms with Gasteiger partial charge in [-0.05, 0) is 43.0 Å². The Kier molecular flexibility index (Phi) is 12.9. The molecule has 0 amide bonds. The van der Waals surface area contributed by atoms with Gasteiger partial charge in [0.1, 0.15) is 18.5 Å². The Balaban J connectivity index is 1.27. The minimum atomic E-state index is -0.913. The van der Waals surface area contributed by atoms with E-state index in [9.17, 15) is 4.39 Å². The molecule has 35 heavy (non-hydrogen) atoms. The Morgan fingerprint density at radius 2 is 1.51 bits per heavy atom. The number of aromatic nitrogens is 2. The van der Waals surface area contributed by atoms with Crippen LogP contribution in [-0.4, -0.2) is 29.4 Å². The third kappa shape index (κ3) is 11.0. The van der Waals surface area contributed by atoms with Crippen molar-refractivity contribution >= 4 is 0 Å². The van der Waals surface area contributed by atoms with Crippen LogP contribution in [0.15, 0.2) is 36.7 Å². The predicted octanol–water partition coefficient (Wildman–Crippen LogP) is 8.74. The maximum Gasteiger partial charge on any atom is 0.159 e. The number of halogens is 1. The van der Waals surface area contributed by atoms with Gasteiger partial charge in [0.2, 0.25) is 0 Å². The lowest BCUT2D eigenvalue weighted by Crippen LogP contribution is -2.12. The minimum absolute atomic E-state index is 0.106. The van der Waals surface area contributed by atoms with Crippen molar-refractivity contribution in [1.29, 1.82) is 0 Å². The zero-order valence-electron chi connectivity index (χ0n) is 21.7. The van der Waals surface area contributed by atoms with Gasteiger partial charge in [0, 0.05) is 5.56 Å². The predicted molar refractivity (Wildman–Crippen MR) is 142 cm³/mol. The molecule has 1 saturated carbocycles. The van der Waals surface area contributed by atoms with E-state index in [0.717, 1.165) is 30.7 Å². The Morgan fingerprint density at radius 3 is 2.26 bits per heavy atom. The van der Waals surface area contributed by atoms with Gasteiger partial charge in [0.05, 0.1) is 19.0 Å². The summed E-state index contributed by atoms with van der Waals surface area (Å²) in [5.74, 6) is 3.04. The van der Waals surface area contributed by atoms with Crippen molar-refractivity contribution < 1.29 is 13.9 Å². The molecule has 0 radical (unpaired) electrons. The summed E-state index contributed by atoms with van der Waals surface area (Å²) in [6.45, 7) is 2.98. The molecule has 0 spiro atoms. The number of ether oxygens (including phenoxy) is 2. The van der Waals surface area contributed by atoms with Gasteiger partial charge in [-0.15, -0.1) is 0 Å². The van der Waals surface area contributed by atoms with Gasteiger partial charge in [-0.25, -0.2) is 14.4 Å². The number of hydrogen-bond acceptors (Lipinski definition) is 4. The fraction of sp³-hybridized carbons (Fsp3) is 0.667. The molecule has 0 unspecified atom stereocenters. The van der Waals surface area contributed by atoms with E-state index in [1.807, 2.05) is 24.3 Å². The molecular formula is C30H45FN2O2. The van der Waals surface area contributed by atoms with Gasteiger partial charge in [0.15, 0.2) is 11.6 Å². The SMILES string of the molecule is CCCCCC[C@@H](F)COc1ccc(-c2ncc(OCCCCCCCC3CCCC3)cn2)cc1. The average molecular weight is 485 g/mol. The summed E-state index contributed by atoms with van der Waals surface area (Å²) in [5, 5.41) is 0. The first-order valence-electron chi connectivity index (χ1n) is 14.1. The van der Waals surface area contributed by atoms with Gasteiger partial charge in [0.25, 0.3) is 0 Å². The van der Waals surface area contributed by atoms with E-state index in [-0.39, 0.29) is 6.61 Å². The number of benzene rings is 1. The van der Waals surface area contributed by atoms with Crippen LogP contribution in [0.1, 0.15) is 103 Å². The Bertz CT molecular complexity index is 791. The van der Waals surface area contributed by atoms with Crippen LogP contribution in [-0.2, 0) is 0 Å². The van der Waals surface area contributed by atoms with E-state index in [0.29, 0.717) is 30.4 Å². The fourth-order valence-electron chi connectivity index (χ4n) is 4.86. The third-order valence-electron chi connectivity index (χ3n) is 7.04. The monoisotopic (exact) mass is 484 g/mol. The molecule has 1 aromatic carbocycles. The smallest absolute Gasteiger partial charge is 0.159 e. The highest BCUT2D eigenvalue weighted by molar-refractivity contribution is 5.56. The van der Waals surface area contributed by atoms with Gasteiger partial charge in [-0.3, -0.25) is 0 Å². The number of nitrogens with zero attached hydrogens (tertiary/aromatic N) is 2. The second kappa shape index (κ2) is 16.5. The lowest BCUT2D eigenvalue weighted by atomic mass is 9.99. The molecule has 3 rings (SSSR count). The summed E-state index contributed by atoms with van der Waals surface area (Å²) in [6, 6.07) is 7.51. The maximum atomic E-state index is 14.0. The molecule has 1 aliphatic carbocycles. The van der Waals surface area contributed by atoms with Gasteiger partial charge >= 0.3 is 0 Å². The van der Waals surface area contributed by atoms with Crippen LogP contribution in [0, 0.1) is 5.92 Å². The van der Waals surface area contributed by atoms with Crippen LogP contribution in [0.25, 0.3) is 11.4 Å². The molecule has 1 heterocycles. The van der Waals surface area contributed by atoms with Crippen molar-refractivity contribution in [3.05, 3.63) is 36.7 Å². The second-order valence-electron chi connectivity index (χ2n) is 10.1. The Labute approximate surface area is 212 Å². The van der Waals surface area contributed by atoms with Crippen molar-refractivity contribution in [3.8, 4) is 22.9 Å². The first-order chi connectivity index (χ1) is 17.2. The molecule has 4 nitrogen and oxygen atoms in total. The highest BCUT2D eigenvalue weighted by atomic mass is 19.1. The molecule has 0 saturated heterocycles. The van der Waals surface area contributed by atoms with E-state index in [2.05, 4.69) is 16.9 Å². The number of rotatable bonds is 18. The molecule has 194 valence electrons. The molecule has 0 aliphatic heterocycles. The van der Waals surface area contributed by atoms with Gasteiger partial charge in [-0.2, -0.15) is 0 Å². The molecule has 1 fully saturated rings. The number of unbranched alkanes of at least 4 members (excludes halogenated alkanes) is 7. The summed E-state index contributed by atoms with van der Waals surface area (Å²) < 4.78 is 25.4. The van der Waals surface area contributed by atoms with Crippen molar-refractivity contribution in [1.82, 2.24) is 9.97 Å². The first kappa shape index (κ1) is 27.4. The molecule has 1 aliphatic rings. The van der Waals surface area contributed by atoms with Crippen LogP contribution in [0.2, 0.25) is 0 Å². The van der Waals surface area contributed by atoms with E-state index >= 15 is 0 Å². The largest absolute Gasteiger partial charge is 0.491 e. The Hall–Kier alpha value is -2.17. The van der Waals surface area contributed by atoms with E-state index in [1.54, 1.807) is 12.4 Å². The summed E-state index contributed by atoms with van der Waals surface area (Å²) in [4.78, 5) is 8.88. The first-order valence-corrected chi connectivity index (χ1v) is 14.1. The van der Waals surface area contributed by atoms with E-state index in [4.69, 9.17) is 9.47 Å². The summed E-state index contributed by atoms with van der Waals surface area (Å²) in [5.41, 5.74) is 0.901.